The van der Waals surface area contributed by atoms with E-state index in [0.717, 1.165) is 54.7 Å². The Morgan fingerprint density at radius 2 is 1.46 bits per heavy atom. The molecule has 1 fully saturated rings. The molecule has 2 aromatic carbocycles. The van der Waals surface area contributed by atoms with Crippen LogP contribution in [0.25, 0.3) is 0 Å². The molecule has 146 valence electrons. The Morgan fingerprint density at radius 1 is 0.929 bits per heavy atom. The molecule has 2 aliphatic heterocycles. The number of likely N-dealkylation sites (N-methyl/N-ethyl adjacent to an activating group) is 1. The Hall–Kier alpha value is -1.89. The lowest BCUT2D eigenvalue weighted by Gasteiger charge is -2.34. The fraction of sp³-hybridized carbons (Fsp3) is 0.364. The molecular weight excluding hydrogens is 386 g/mol. The minimum Gasteiger partial charge on any atom is -0.355 e. The van der Waals surface area contributed by atoms with Crippen LogP contribution in [0.5, 0.6) is 0 Å². The van der Waals surface area contributed by atoms with Gasteiger partial charge < -0.3 is 9.80 Å². The molecular formula is C22H25N3OS2. The molecule has 0 bridgehead atoms. The maximum atomic E-state index is 13.3. The third-order valence-corrected chi connectivity index (χ3v) is 6.97. The van der Waals surface area contributed by atoms with E-state index in [-0.39, 0.29) is 5.91 Å². The Bertz CT molecular complexity index is 830. The molecule has 1 saturated heterocycles. The molecule has 6 heteroatoms. The topological polar surface area (TPSA) is 26.8 Å². The van der Waals surface area contributed by atoms with Crippen LogP contribution in [0.2, 0.25) is 0 Å². The van der Waals surface area contributed by atoms with Crippen molar-refractivity contribution in [2.75, 3.05) is 43.9 Å². The number of para-hydroxylation sites is 2. The SMILES string of the molecule is CN1CCN(C(=S)SCC(=O)N2c3ccccc3CCc3ccccc32)CC1. The summed E-state index contributed by atoms with van der Waals surface area (Å²) in [6.07, 6.45) is 1.90. The van der Waals surface area contributed by atoms with Gasteiger partial charge in [-0.15, -0.1) is 0 Å². The van der Waals surface area contributed by atoms with Gasteiger partial charge in [-0.25, -0.2) is 0 Å². The average Bonchev–Trinajstić information content (AvgIpc) is 2.89. The van der Waals surface area contributed by atoms with Gasteiger partial charge in [-0.3, -0.25) is 9.69 Å². The zero-order valence-electron chi connectivity index (χ0n) is 16.1. The van der Waals surface area contributed by atoms with Gasteiger partial charge in [0.1, 0.15) is 4.32 Å². The van der Waals surface area contributed by atoms with Crippen molar-refractivity contribution < 1.29 is 4.79 Å². The highest BCUT2D eigenvalue weighted by Gasteiger charge is 2.26. The van der Waals surface area contributed by atoms with Crippen LogP contribution in [0.1, 0.15) is 11.1 Å². The molecule has 0 unspecified atom stereocenters. The third kappa shape index (κ3) is 4.09. The minimum atomic E-state index is 0.0864. The number of anilines is 2. The van der Waals surface area contributed by atoms with Crippen LogP contribution in [-0.2, 0) is 17.6 Å². The summed E-state index contributed by atoms with van der Waals surface area (Å²) in [7, 11) is 2.13. The van der Waals surface area contributed by atoms with E-state index in [1.54, 1.807) is 0 Å². The molecule has 2 aromatic rings. The maximum absolute atomic E-state index is 13.3. The normalized spacial score (nSPS) is 16.9. The number of nitrogens with zero attached hydrogens (tertiary/aromatic N) is 3. The smallest absolute Gasteiger partial charge is 0.242 e. The van der Waals surface area contributed by atoms with Gasteiger partial charge in [0.2, 0.25) is 5.91 Å². The number of carbonyl (C=O) groups is 1. The lowest BCUT2D eigenvalue weighted by atomic mass is 10.0. The molecule has 2 heterocycles. The number of fused-ring (bicyclic) bond motifs is 2. The minimum absolute atomic E-state index is 0.0864. The lowest BCUT2D eigenvalue weighted by Crippen LogP contribution is -2.46. The first-order valence-electron chi connectivity index (χ1n) is 9.72. The Balaban J connectivity index is 1.53. The molecule has 28 heavy (non-hydrogen) atoms. The van der Waals surface area contributed by atoms with Crippen molar-refractivity contribution in [2.24, 2.45) is 0 Å². The van der Waals surface area contributed by atoms with Crippen LogP contribution in [0.15, 0.2) is 48.5 Å². The fourth-order valence-electron chi connectivity index (χ4n) is 3.82. The quantitative estimate of drug-likeness (QED) is 0.702. The second-order valence-electron chi connectivity index (χ2n) is 7.33. The van der Waals surface area contributed by atoms with Crippen molar-refractivity contribution in [1.82, 2.24) is 9.80 Å². The predicted molar refractivity (Wildman–Crippen MR) is 122 cm³/mol. The van der Waals surface area contributed by atoms with Gasteiger partial charge in [0.15, 0.2) is 0 Å². The van der Waals surface area contributed by atoms with Crippen LogP contribution in [0.3, 0.4) is 0 Å². The molecule has 2 aliphatic rings. The first kappa shape index (κ1) is 19.4. The van der Waals surface area contributed by atoms with Gasteiger partial charge in [0, 0.05) is 26.2 Å². The van der Waals surface area contributed by atoms with E-state index in [2.05, 4.69) is 53.2 Å². The summed E-state index contributed by atoms with van der Waals surface area (Å²) in [5.74, 6) is 0.441. The average molecular weight is 412 g/mol. The second-order valence-corrected chi connectivity index (χ2v) is 8.94. The molecule has 0 spiro atoms. The van der Waals surface area contributed by atoms with E-state index >= 15 is 0 Å². The van der Waals surface area contributed by atoms with Gasteiger partial charge in [-0.1, -0.05) is 60.4 Å². The summed E-state index contributed by atoms with van der Waals surface area (Å²) in [6, 6.07) is 16.5. The van der Waals surface area contributed by atoms with E-state index in [0.29, 0.717) is 5.75 Å². The first-order valence-corrected chi connectivity index (χ1v) is 11.1. The van der Waals surface area contributed by atoms with Crippen LogP contribution >= 0.6 is 24.0 Å². The maximum Gasteiger partial charge on any atom is 0.242 e. The predicted octanol–water partition coefficient (Wildman–Crippen LogP) is 3.72. The van der Waals surface area contributed by atoms with Crippen LogP contribution in [-0.4, -0.2) is 59.0 Å². The Kier molecular flexibility index (Phi) is 5.99. The summed E-state index contributed by atoms with van der Waals surface area (Å²) in [4.78, 5) is 19.8. The number of hydrogen-bond acceptors (Lipinski definition) is 4. The van der Waals surface area contributed by atoms with E-state index < -0.39 is 0 Å². The zero-order valence-corrected chi connectivity index (χ0v) is 17.8. The molecule has 1 amide bonds. The van der Waals surface area contributed by atoms with Crippen molar-refractivity contribution in [3.8, 4) is 0 Å². The Labute approximate surface area is 176 Å². The summed E-state index contributed by atoms with van der Waals surface area (Å²) in [5.41, 5.74) is 4.45. The van der Waals surface area contributed by atoms with E-state index in [1.165, 1.54) is 22.9 Å². The van der Waals surface area contributed by atoms with E-state index in [4.69, 9.17) is 12.2 Å². The van der Waals surface area contributed by atoms with Crippen molar-refractivity contribution in [3.63, 3.8) is 0 Å². The first-order chi connectivity index (χ1) is 13.6. The summed E-state index contributed by atoms with van der Waals surface area (Å²) >= 11 is 7.10. The van der Waals surface area contributed by atoms with Gasteiger partial charge >= 0.3 is 0 Å². The van der Waals surface area contributed by atoms with Crippen LogP contribution in [0, 0.1) is 0 Å². The molecule has 0 aliphatic carbocycles. The van der Waals surface area contributed by atoms with E-state index in [9.17, 15) is 4.79 Å². The summed E-state index contributed by atoms with van der Waals surface area (Å²) < 4.78 is 0.831. The van der Waals surface area contributed by atoms with Crippen LogP contribution in [0.4, 0.5) is 11.4 Å². The van der Waals surface area contributed by atoms with Crippen molar-refractivity contribution in [3.05, 3.63) is 59.7 Å². The van der Waals surface area contributed by atoms with Crippen LogP contribution < -0.4 is 4.90 Å². The number of rotatable bonds is 2. The Morgan fingerprint density at radius 3 is 2.04 bits per heavy atom. The zero-order chi connectivity index (χ0) is 19.5. The molecule has 0 aromatic heterocycles. The van der Waals surface area contributed by atoms with Crippen molar-refractivity contribution in [1.29, 1.82) is 0 Å². The highest BCUT2D eigenvalue weighted by Crippen LogP contribution is 2.36. The number of hydrogen-bond donors (Lipinski definition) is 0. The molecule has 0 radical (unpaired) electrons. The summed E-state index contributed by atoms with van der Waals surface area (Å²) in [5, 5.41) is 0. The number of thioether (sulfide) groups is 1. The van der Waals surface area contributed by atoms with Gasteiger partial charge in [0.05, 0.1) is 17.1 Å². The van der Waals surface area contributed by atoms with E-state index in [1.807, 2.05) is 17.0 Å². The highest BCUT2D eigenvalue weighted by molar-refractivity contribution is 8.23. The molecule has 4 rings (SSSR count). The standard InChI is InChI=1S/C22H25N3OS2/c1-23-12-14-24(15-13-23)22(27)28-16-21(26)25-19-8-4-2-6-17(19)10-11-18-7-3-5-9-20(18)25/h2-9H,10-16H2,1H3. The van der Waals surface area contributed by atoms with Gasteiger partial charge in [-0.05, 0) is 43.1 Å². The molecule has 0 N–H and O–H groups in total. The largest absolute Gasteiger partial charge is 0.355 e. The monoisotopic (exact) mass is 411 g/mol. The molecule has 0 saturated carbocycles. The molecule has 4 nitrogen and oxygen atoms in total. The number of amides is 1. The molecule has 0 atom stereocenters. The number of piperazine rings is 1. The van der Waals surface area contributed by atoms with Gasteiger partial charge in [-0.2, -0.15) is 0 Å². The second kappa shape index (κ2) is 8.64. The number of thiocarbonyl (C=S) groups is 1. The number of aryl methyl sites for hydroxylation is 2. The fourth-order valence-corrected chi connectivity index (χ4v) is 4.92. The van der Waals surface area contributed by atoms with Crippen molar-refractivity contribution >= 4 is 45.6 Å². The lowest BCUT2D eigenvalue weighted by molar-refractivity contribution is -0.115. The summed E-state index contributed by atoms with van der Waals surface area (Å²) in [6.45, 7) is 3.90. The number of benzene rings is 2. The van der Waals surface area contributed by atoms with Crippen molar-refractivity contribution in [2.45, 2.75) is 12.8 Å². The highest BCUT2D eigenvalue weighted by atomic mass is 32.2. The number of carbonyl (C=O) groups excluding carboxylic acids is 1. The van der Waals surface area contributed by atoms with Gasteiger partial charge in [0.25, 0.3) is 0 Å². The third-order valence-electron chi connectivity index (χ3n) is 5.46.